The summed E-state index contributed by atoms with van der Waals surface area (Å²) in [4.78, 5) is 18.7. The van der Waals surface area contributed by atoms with Crippen molar-refractivity contribution in [2.24, 2.45) is 0 Å². The van der Waals surface area contributed by atoms with Gasteiger partial charge >= 0.3 is 0 Å². The van der Waals surface area contributed by atoms with Crippen molar-refractivity contribution >= 4 is 5.91 Å². The van der Waals surface area contributed by atoms with Crippen molar-refractivity contribution in [3.05, 3.63) is 65.5 Å². The molecule has 2 aromatic rings. The van der Waals surface area contributed by atoms with E-state index < -0.39 is 5.60 Å². The number of benzene rings is 1. The van der Waals surface area contributed by atoms with Gasteiger partial charge in [-0.2, -0.15) is 0 Å². The number of hydrogen-bond acceptors (Lipinski definition) is 4. The molecule has 5 nitrogen and oxygen atoms in total. The first-order valence-corrected chi connectivity index (χ1v) is 9.68. The van der Waals surface area contributed by atoms with E-state index in [-0.39, 0.29) is 12.5 Å². The summed E-state index contributed by atoms with van der Waals surface area (Å²) in [5.41, 5.74) is 2.14. The highest BCUT2D eigenvalue weighted by atomic mass is 16.3. The Morgan fingerprint density at radius 2 is 1.85 bits per heavy atom. The molecule has 144 valence electrons. The van der Waals surface area contributed by atoms with Gasteiger partial charge in [-0.05, 0) is 47.6 Å². The maximum atomic E-state index is 12.9. The lowest BCUT2D eigenvalue weighted by Gasteiger charge is -2.38. The molecular formula is C22H29N3O2. The molecule has 1 aliphatic rings. The van der Waals surface area contributed by atoms with Gasteiger partial charge in [0.1, 0.15) is 0 Å². The third-order valence-electron chi connectivity index (χ3n) is 5.22. The number of rotatable bonds is 7. The first-order valence-electron chi connectivity index (χ1n) is 9.68. The number of nitrogens with zero attached hydrogens (tertiary/aromatic N) is 2. The minimum Gasteiger partial charge on any atom is -0.379 e. The number of piperidine rings is 1. The zero-order valence-electron chi connectivity index (χ0n) is 16.2. The second-order valence-electron chi connectivity index (χ2n) is 7.72. The second kappa shape index (κ2) is 8.63. The van der Waals surface area contributed by atoms with Crippen molar-refractivity contribution in [1.82, 2.24) is 15.2 Å². The molecule has 1 saturated heterocycles. The Labute approximate surface area is 161 Å². The van der Waals surface area contributed by atoms with Crippen LogP contribution in [-0.4, -0.2) is 39.6 Å². The van der Waals surface area contributed by atoms with Crippen molar-refractivity contribution in [2.45, 2.75) is 51.3 Å². The summed E-state index contributed by atoms with van der Waals surface area (Å²) >= 11 is 0. The highest BCUT2D eigenvalue weighted by Crippen LogP contribution is 2.24. The van der Waals surface area contributed by atoms with Gasteiger partial charge < -0.3 is 15.3 Å². The lowest BCUT2D eigenvalue weighted by Crippen LogP contribution is -2.57. The third-order valence-corrected chi connectivity index (χ3v) is 5.22. The van der Waals surface area contributed by atoms with Gasteiger partial charge in [0.05, 0.1) is 0 Å². The molecule has 2 N–H and O–H groups in total. The van der Waals surface area contributed by atoms with E-state index in [1.54, 1.807) is 17.3 Å². The topological polar surface area (TPSA) is 65.5 Å². The standard InChI is InChI=1S/C22H29N3O2/c1-17(2)20-6-4-19(5-7-20)15-25-13-3-10-22(27,21(25)26)16-24-14-18-8-11-23-12-9-18/h4-9,11-12,17,24,27H,3,10,13-16H2,1-2H3/t22-/m0/s1. The maximum Gasteiger partial charge on any atom is 0.256 e. The minimum absolute atomic E-state index is 0.177. The summed E-state index contributed by atoms with van der Waals surface area (Å²) in [5.74, 6) is 0.316. The molecule has 0 aliphatic carbocycles. The predicted molar refractivity (Wildman–Crippen MR) is 106 cm³/mol. The van der Waals surface area contributed by atoms with E-state index in [0.29, 0.717) is 32.0 Å². The smallest absolute Gasteiger partial charge is 0.256 e. The lowest BCUT2D eigenvalue weighted by atomic mass is 9.91. The van der Waals surface area contributed by atoms with E-state index in [1.165, 1.54) is 5.56 Å². The minimum atomic E-state index is -1.33. The van der Waals surface area contributed by atoms with Gasteiger partial charge in [0, 0.05) is 38.6 Å². The SMILES string of the molecule is CC(C)c1ccc(CN2CCC[C@](O)(CNCc3ccncc3)C2=O)cc1. The molecule has 0 saturated carbocycles. The van der Waals surface area contributed by atoms with Crippen LogP contribution in [0.25, 0.3) is 0 Å². The number of aromatic nitrogens is 1. The van der Waals surface area contributed by atoms with Crippen LogP contribution in [0.15, 0.2) is 48.8 Å². The second-order valence-corrected chi connectivity index (χ2v) is 7.72. The molecule has 1 atom stereocenters. The number of carbonyl (C=O) groups is 1. The molecule has 1 aromatic heterocycles. The molecule has 0 spiro atoms. The highest BCUT2D eigenvalue weighted by molar-refractivity contribution is 5.86. The van der Waals surface area contributed by atoms with Crippen LogP contribution in [0.5, 0.6) is 0 Å². The van der Waals surface area contributed by atoms with Crippen molar-refractivity contribution < 1.29 is 9.90 Å². The summed E-state index contributed by atoms with van der Waals surface area (Å²) in [6, 6.07) is 12.3. The normalized spacial score (nSPS) is 20.3. The van der Waals surface area contributed by atoms with Gasteiger partial charge in [-0.3, -0.25) is 9.78 Å². The predicted octanol–water partition coefficient (Wildman–Crippen LogP) is 2.85. The van der Waals surface area contributed by atoms with E-state index in [0.717, 1.165) is 17.5 Å². The van der Waals surface area contributed by atoms with Crippen molar-refractivity contribution in [2.75, 3.05) is 13.1 Å². The van der Waals surface area contributed by atoms with E-state index in [2.05, 4.69) is 48.4 Å². The van der Waals surface area contributed by atoms with Gasteiger partial charge in [-0.25, -0.2) is 0 Å². The molecule has 0 bridgehead atoms. The van der Waals surface area contributed by atoms with Crippen LogP contribution in [0, 0.1) is 0 Å². The van der Waals surface area contributed by atoms with Crippen LogP contribution in [-0.2, 0) is 17.9 Å². The number of aliphatic hydroxyl groups is 1. The average Bonchev–Trinajstić information content (AvgIpc) is 2.67. The number of amides is 1. The molecule has 27 heavy (non-hydrogen) atoms. The summed E-state index contributed by atoms with van der Waals surface area (Å²) in [5, 5.41) is 14.1. The first-order chi connectivity index (χ1) is 13.0. The third kappa shape index (κ3) is 4.93. The molecule has 1 aromatic carbocycles. The molecule has 0 radical (unpaired) electrons. The number of nitrogens with one attached hydrogen (secondary N) is 1. The molecule has 1 fully saturated rings. The first kappa shape index (κ1) is 19.5. The Morgan fingerprint density at radius 1 is 1.15 bits per heavy atom. The molecule has 1 amide bonds. The van der Waals surface area contributed by atoms with Gasteiger partial charge in [0.25, 0.3) is 5.91 Å². The summed E-state index contributed by atoms with van der Waals surface area (Å²) in [7, 11) is 0. The molecule has 5 heteroatoms. The number of carbonyl (C=O) groups excluding carboxylic acids is 1. The number of pyridine rings is 1. The summed E-state index contributed by atoms with van der Waals surface area (Å²) in [6.07, 6.45) is 4.79. The largest absolute Gasteiger partial charge is 0.379 e. The van der Waals surface area contributed by atoms with Crippen LogP contribution in [0.1, 0.15) is 49.3 Å². The van der Waals surface area contributed by atoms with Gasteiger partial charge in [0.2, 0.25) is 0 Å². The van der Waals surface area contributed by atoms with Crippen molar-refractivity contribution in [3.63, 3.8) is 0 Å². The van der Waals surface area contributed by atoms with Crippen molar-refractivity contribution in [1.29, 1.82) is 0 Å². The van der Waals surface area contributed by atoms with E-state index in [1.807, 2.05) is 12.1 Å². The highest BCUT2D eigenvalue weighted by Gasteiger charge is 2.41. The molecule has 0 unspecified atom stereocenters. The van der Waals surface area contributed by atoms with Crippen LogP contribution in [0.4, 0.5) is 0 Å². The Balaban J connectivity index is 1.58. The fourth-order valence-electron chi connectivity index (χ4n) is 3.52. The quantitative estimate of drug-likeness (QED) is 0.790. The summed E-state index contributed by atoms with van der Waals surface area (Å²) < 4.78 is 0. The van der Waals surface area contributed by atoms with Gasteiger partial charge in [-0.1, -0.05) is 38.1 Å². The molecular weight excluding hydrogens is 338 g/mol. The van der Waals surface area contributed by atoms with Crippen LogP contribution in [0.3, 0.4) is 0 Å². The summed E-state index contributed by atoms with van der Waals surface area (Å²) in [6.45, 7) is 6.44. The van der Waals surface area contributed by atoms with E-state index in [4.69, 9.17) is 0 Å². The van der Waals surface area contributed by atoms with E-state index >= 15 is 0 Å². The van der Waals surface area contributed by atoms with Crippen LogP contribution >= 0.6 is 0 Å². The molecule has 2 heterocycles. The zero-order valence-corrected chi connectivity index (χ0v) is 16.2. The Bertz CT molecular complexity index is 746. The Hall–Kier alpha value is -2.24. The van der Waals surface area contributed by atoms with Gasteiger partial charge in [-0.15, -0.1) is 0 Å². The Morgan fingerprint density at radius 3 is 2.52 bits per heavy atom. The Kier molecular flexibility index (Phi) is 6.24. The van der Waals surface area contributed by atoms with Crippen LogP contribution in [0.2, 0.25) is 0 Å². The van der Waals surface area contributed by atoms with E-state index in [9.17, 15) is 9.90 Å². The van der Waals surface area contributed by atoms with Crippen molar-refractivity contribution in [3.8, 4) is 0 Å². The number of hydrogen-bond donors (Lipinski definition) is 2. The average molecular weight is 367 g/mol. The monoisotopic (exact) mass is 367 g/mol. The molecule has 1 aliphatic heterocycles. The lowest BCUT2D eigenvalue weighted by molar-refractivity contribution is -0.157. The fraction of sp³-hybridized carbons (Fsp3) is 0.455. The number of likely N-dealkylation sites (tertiary alicyclic amines) is 1. The zero-order chi connectivity index (χ0) is 19.3. The molecule has 3 rings (SSSR count). The van der Waals surface area contributed by atoms with Crippen LogP contribution < -0.4 is 5.32 Å². The van der Waals surface area contributed by atoms with Gasteiger partial charge in [0.15, 0.2) is 5.60 Å². The fourth-order valence-corrected chi connectivity index (χ4v) is 3.52. The maximum absolute atomic E-state index is 12.9.